The van der Waals surface area contributed by atoms with Crippen LogP contribution in [0.15, 0.2) is 30.3 Å². The Morgan fingerprint density at radius 3 is 2.35 bits per heavy atom. The first kappa shape index (κ1) is 11.8. The highest BCUT2D eigenvalue weighted by atomic mass is 16.5. The first-order valence-corrected chi connectivity index (χ1v) is 6.01. The number of esters is 1. The minimum atomic E-state index is -0.264. The molecule has 0 amide bonds. The molecule has 0 atom stereocenters. The van der Waals surface area contributed by atoms with Gasteiger partial charge in [0, 0.05) is 5.92 Å². The van der Waals surface area contributed by atoms with E-state index < -0.39 is 0 Å². The molecular weight excluding hydrogens is 216 g/mol. The van der Waals surface area contributed by atoms with Crippen LogP contribution < -0.4 is 0 Å². The molecule has 3 nitrogen and oxygen atoms in total. The van der Waals surface area contributed by atoms with Crippen LogP contribution in [-0.4, -0.2) is 18.4 Å². The van der Waals surface area contributed by atoms with E-state index in [2.05, 4.69) is 0 Å². The van der Waals surface area contributed by atoms with Gasteiger partial charge in [-0.1, -0.05) is 18.2 Å². The van der Waals surface area contributed by atoms with Crippen molar-refractivity contribution in [1.29, 1.82) is 0 Å². The lowest BCUT2D eigenvalue weighted by atomic mass is 9.88. The van der Waals surface area contributed by atoms with Gasteiger partial charge in [-0.25, -0.2) is 4.79 Å². The summed E-state index contributed by atoms with van der Waals surface area (Å²) in [4.78, 5) is 22.4. The number of carbonyl (C=O) groups excluding carboxylic acids is 2. The molecule has 1 fully saturated rings. The predicted molar refractivity (Wildman–Crippen MR) is 63.7 cm³/mol. The molecule has 0 heterocycles. The fraction of sp³-hybridized carbons (Fsp3) is 0.429. The zero-order chi connectivity index (χ0) is 12.1. The molecule has 1 aromatic rings. The third-order valence-electron chi connectivity index (χ3n) is 3.19. The molecule has 3 heteroatoms. The summed E-state index contributed by atoms with van der Waals surface area (Å²) < 4.78 is 5.42. The first-order valence-electron chi connectivity index (χ1n) is 6.01. The number of benzene rings is 1. The maximum Gasteiger partial charge on any atom is 0.338 e. The average molecular weight is 232 g/mol. The Labute approximate surface area is 101 Å². The summed E-state index contributed by atoms with van der Waals surface area (Å²) in [5, 5.41) is 0. The molecule has 0 saturated heterocycles. The summed E-state index contributed by atoms with van der Waals surface area (Å²) in [6.45, 7) is 0. The van der Waals surface area contributed by atoms with E-state index >= 15 is 0 Å². The second-order valence-electron chi connectivity index (χ2n) is 4.44. The van der Waals surface area contributed by atoms with Gasteiger partial charge in [0.1, 0.15) is 12.4 Å². The van der Waals surface area contributed by atoms with E-state index in [-0.39, 0.29) is 18.0 Å². The highest BCUT2D eigenvalue weighted by Gasteiger charge is 2.23. The quantitative estimate of drug-likeness (QED) is 0.594. The molecule has 1 aromatic carbocycles. The van der Waals surface area contributed by atoms with E-state index in [1.54, 1.807) is 12.1 Å². The van der Waals surface area contributed by atoms with Gasteiger partial charge in [-0.15, -0.1) is 0 Å². The van der Waals surface area contributed by atoms with E-state index in [0.717, 1.165) is 32.0 Å². The molecule has 1 aliphatic carbocycles. The third-order valence-corrected chi connectivity index (χ3v) is 3.19. The van der Waals surface area contributed by atoms with Gasteiger partial charge in [0.15, 0.2) is 0 Å². The Bertz CT molecular complexity index is 378. The monoisotopic (exact) mass is 232 g/mol. The van der Waals surface area contributed by atoms with Crippen molar-refractivity contribution in [2.24, 2.45) is 5.92 Å². The number of carbonyl (C=O) groups is 2. The highest BCUT2D eigenvalue weighted by Crippen LogP contribution is 2.25. The molecule has 2 rings (SSSR count). The largest absolute Gasteiger partial charge is 0.459 e. The van der Waals surface area contributed by atoms with Crippen LogP contribution in [0.1, 0.15) is 36.0 Å². The van der Waals surface area contributed by atoms with Gasteiger partial charge >= 0.3 is 5.97 Å². The molecule has 0 spiro atoms. The summed E-state index contributed by atoms with van der Waals surface area (Å²) in [6, 6.07) is 9.00. The molecule has 0 radical (unpaired) electrons. The number of hydrogen-bond acceptors (Lipinski definition) is 3. The zero-order valence-electron chi connectivity index (χ0n) is 9.67. The van der Waals surface area contributed by atoms with Gasteiger partial charge in [-0.2, -0.15) is 0 Å². The van der Waals surface area contributed by atoms with Gasteiger partial charge < -0.3 is 9.53 Å². The smallest absolute Gasteiger partial charge is 0.338 e. The third kappa shape index (κ3) is 3.16. The van der Waals surface area contributed by atoms with E-state index in [1.165, 1.54) is 0 Å². The molecule has 0 bridgehead atoms. The van der Waals surface area contributed by atoms with E-state index in [4.69, 9.17) is 4.74 Å². The second-order valence-corrected chi connectivity index (χ2v) is 4.44. The van der Waals surface area contributed by atoms with Crippen molar-refractivity contribution in [3.05, 3.63) is 35.9 Å². The maximum absolute atomic E-state index is 11.8. The van der Waals surface area contributed by atoms with Crippen molar-refractivity contribution < 1.29 is 14.3 Å². The van der Waals surface area contributed by atoms with E-state index in [0.29, 0.717) is 5.56 Å². The summed E-state index contributed by atoms with van der Waals surface area (Å²) in [6.07, 6.45) is 4.23. The SMILES string of the molecule is O=CC1CCC(OC(=O)c2ccccc2)CC1. The maximum atomic E-state index is 11.8. The van der Waals surface area contributed by atoms with Crippen molar-refractivity contribution in [2.75, 3.05) is 0 Å². The molecule has 0 N–H and O–H groups in total. The van der Waals surface area contributed by atoms with Gasteiger partial charge in [0.2, 0.25) is 0 Å². The predicted octanol–water partition coefficient (Wildman–Crippen LogP) is 2.60. The first-order chi connectivity index (χ1) is 8.29. The summed E-state index contributed by atoms with van der Waals surface area (Å²) in [5.41, 5.74) is 0.588. The lowest BCUT2D eigenvalue weighted by Crippen LogP contribution is -2.25. The van der Waals surface area contributed by atoms with E-state index in [1.807, 2.05) is 18.2 Å². The Kier molecular flexibility index (Phi) is 3.91. The summed E-state index contributed by atoms with van der Waals surface area (Å²) >= 11 is 0. The van der Waals surface area contributed by atoms with Crippen molar-refractivity contribution in [3.8, 4) is 0 Å². The molecular formula is C14H16O3. The van der Waals surface area contributed by atoms with Crippen LogP contribution in [0.3, 0.4) is 0 Å². The van der Waals surface area contributed by atoms with Crippen molar-refractivity contribution in [2.45, 2.75) is 31.8 Å². The molecule has 17 heavy (non-hydrogen) atoms. The van der Waals surface area contributed by atoms with Crippen molar-refractivity contribution in [1.82, 2.24) is 0 Å². The fourth-order valence-corrected chi connectivity index (χ4v) is 2.14. The van der Waals surface area contributed by atoms with Crippen molar-refractivity contribution >= 4 is 12.3 Å². The summed E-state index contributed by atoms with van der Waals surface area (Å²) in [7, 11) is 0. The number of rotatable bonds is 3. The minimum Gasteiger partial charge on any atom is -0.459 e. The van der Waals surface area contributed by atoms with Gasteiger partial charge in [-0.05, 0) is 37.8 Å². The normalized spacial score (nSPS) is 24.0. The molecule has 0 unspecified atom stereocenters. The van der Waals surface area contributed by atoms with Crippen LogP contribution in [0.4, 0.5) is 0 Å². The zero-order valence-corrected chi connectivity index (χ0v) is 9.67. The molecule has 1 saturated carbocycles. The van der Waals surface area contributed by atoms with Crippen molar-refractivity contribution in [3.63, 3.8) is 0 Å². The average Bonchev–Trinajstić information content (AvgIpc) is 2.40. The van der Waals surface area contributed by atoms with Crippen LogP contribution in [0.5, 0.6) is 0 Å². The van der Waals surface area contributed by atoms with Crippen LogP contribution >= 0.6 is 0 Å². The number of aldehydes is 1. The number of hydrogen-bond donors (Lipinski definition) is 0. The Balaban J connectivity index is 1.86. The van der Waals surface area contributed by atoms with Crippen LogP contribution in [0, 0.1) is 5.92 Å². The Hall–Kier alpha value is -1.64. The molecule has 1 aliphatic rings. The standard InChI is InChI=1S/C14H16O3/c15-10-11-6-8-13(9-7-11)17-14(16)12-4-2-1-3-5-12/h1-5,10-11,13H,6-9H2. The van der Waals surface area contributed by atoms with Gasteiger partial charge in [-0.3, -0.25) is 0 Å². The minimum absolute atomic E-state index is 0.0288. The molecule has 90 valence electrons. The lowest BCUT2D eigenvalue weighted by molar-refractivity contribution is -0.112. The Morgan fingerprint density at radius 1 is 1.12 bits per heavy atom. The highest BCUT2D eigenvalue weighted by molar-refractivity contribution is 5.89. The topological polar surface area (TPSA) is 43.4 Å². The molecule has 0 aromatic heterocycles. The van der Waals surface area contributed by atoms with E-state index in [9.17, 15) is 9.59 Å². The Morgan fingerprint density at radius 2 is 1.76 bits per heavy atom. The van der Waals surface area contributed by atoms with Crippen LogP contribution in [-0.2, 0) is 9.53 Å². The van der Waals surface area contributed by atoms with Gasteiger partial charge in [0.25, 0.3) is 0 Å². The van der Waals surface area contributed by atoms with Gasteiger partial charge in [0.05, 0.1) is 5.56 Å². The van der Waals surface area contributed by atoms with Crippen LogP contribution in [0.25, 0.3) is 0 Å². The van der Waals surface area contributed by atoms with Crippen LogP contribution in [0.2, 0.25) is 0 Å². The fourth-order valence-electron chi connectivity index (χ4n) is 2.14. The lowest BCUT2D eigenvalue weighted by Gasteiger charge is -2.25. The summed E-state index contributed by atoms with van der Waals surface area (Å²) in [5.74, 6) is -0.109. The number of ether oxygens (including phenoxy) is 1. The second kappa shape index (κ2) is 5.62. The molecule has 0 aliphatic heterocycles.